The summed E-state index contributed by atoms with van der Waals surface area (Å²) in [5.41, 5.74) is 0. The monoisotopic (exact) mass is 547 g/mol. The van der Waals surface area contributed by atoms with Crippen LogP contribution in [0.5, 0.6) is 5.75 Å². The topological polar surface area (TPSA) is 9.23 Å². The molecular formula is C24H17Cl3OSb. The fourth-order valence-electron chi connectivity index (χ4n) is 3.27. The summed E-state index contributed by atoms with van der Waals surface area (Å²) in [5.74, 6) is 0.472. The van der Waals surface area contributed by atoms with Gasteiger partial charge in [0.15, 0.2) is 0 Å². The third kappa shape index (κ3) is 4.16. The minimum atomic E-state index is -3.84. The van der Waals surface area contributed by atoms with Crippen molar-refractivity contribution in [3.05, 3.63) is 118 Å². The Morgan fingerprint density at radius 3 is 1.21 bits per heavy atom. The van der Waals surface area contributed by atoms with Crippen molar-refractivity contribution in [3.8, 4) is 5.75 Å². The number of hydrogen-bond acceptors (Lipinski definition) is 1. The van der Waals surface area contributed by atoms with E-state index >= 15 is 0 Å². The molecule has 0 aliphatic heterocycles. The number of benzene rings is 4. The van der Waals surface area contributed by atoms with Crippen molar-refractivity contribution >= 4 is 64.6 Å². The Morgan fingerprint density at radius 1 is 0.517 bits per heavy atom. The molecule has 145 valence electrons. The first kappa shape index (κ1) is 20.6. The van der Waals surface area contributed by atoms with Crippen molar-refractivity contribution in [1.82, 2.24) is 0 Å². The molecule has 0 unspecified atom stereocenters. The molecule has 4 aromatic rings. The molecule has 1 nitrogen and oxygen atoms in total. The summed E-state index contributed by atoms with van der Waals surface area (Å²) in [5, 5.41) is 1.29. The van der Waals surface area contributed by atoms with Gasteiger partial charge in [0.2, 0.25) is 0 Å². The van der Waals surface area contributed by atoms with Crippen LogP contribution in [0.15, 0.2) is 103 Å². The first-order valence-corrected chi connectivity index (χ1v) is 15.0. The average molecular weight is 550 g/mol. The van der Waals surface area contributed by atoms with Gasteiger partial charge in [-0.25, -0.2) is 0 Å². The number of rotatable bonds is 5. The van der Waals surface area contributed by atoms with E-state index < -0.39 is 19.2 Å². The second-order valence-electron chi connectivity index (χ2n) is 6.41. The zero-order chi connectivity index (χ0) is 20.3. The predicted molar refractivity (Wildman–Crippen MR) is 126 cm³/mol. The molecule has 0 spiro atoms. The Bertz CT molecular complexity index is 983. The molecule has 0 bridgehead atoms. The van der Waals surface area contributed by atoms with Crippen molar-refractivity contribution in [1.29, 1.82) is 0 Å². The molecule has 5 heteroatoms. The average Bonchev–Trinajstić information content (AvgIpc) is 2.75. The van der Waals surface area contributed by atoms with Crippen LogP contribution in [0.3, 0.4) is 0 Å². The molecule has 29 heavy (non-hydrogen) atoms. The van der Waals surface area contributed by atoms with Gasteiger partial charge in [0.25, 0.3) is 0 Å². The van der Waals surface area contributed by atoms with E-state index in [4.69, 9.17) is 37.8 Å². The number of halogens is 3. The molecule has 0 N–H and O–H groups in total. The summed E-state index contributed by atoms with van der Waals surface area (Å²) >= 11 is 15.4. The van der Waals surface area contributed by atoms with Crippen molar-refractivity contribution < 1.29 is 3.02 Å². The third-order valence-corrected chi connectivity index (χ3v) is 15.4. The van der Waals surface area contributed by atoms with Crippen LogP contribution in [0.4, 0.5) is 0 Å². The summed E-state index contributed by atoms with van der Waals surface area (Å²) in [7, 11) is 0. The van der Waals surface area contributed by atoms with Crippen LogP contribution in [-0.4, -0.2) is 19.2 Å². The molecule has 0 saturated heterocycles. The van der Waals surface area contributed by atoms with E-state index in [0.717, 1.165) is 10.5 Å². The first-order valence-electron chi connectivity index (χ1n) is 9.01. The minimum absolute atomic E-state index is 0.406. The summed E-state index contributed by atoms with van der Waals surface area (Å²) in [4.78, 5) is 0. The molecule has 4 rings (SSSR count). The van der Waals surface area contributed by atoms with Gasteiger partial charge in [0.05, 0.1) is 0 Å². The Kier molecular flexibility index (Phi) is 6.42. The van der Waals surface area contributed by atoms with Gasteiger partial charge in [-0.2, -0.15) is 0 Å². The molecule has 0 fully saturated rings. The third-order valence-electron chi connectivity index (χ3n) is 4.55. The van der Waals surface area contributed by atoms with Gasteiger partial charge < -0.3 is 0 Å². The molecule has 0 atom stereocenters. The van der Waals surface area contributed by atoms with E-state index in [1.165, 1.54) is 0 Å². The maximum absolute atomic E-state index is 6.95. The normalized spacial score (nSPS) is 11.3. The van der Waals surface area contributed by atoms with Crippen LogP contribution in [0.25, 0.3) is 0 Å². The van der Waals surface area contributed by atoms with E-state index in [0.29, 0.717) is 20.8 Å². The summed E-state index contributed by atoms with van der Waals surface area (Å²) in [6.07, 6.45) is 0. The van der Waals surface area contributed by atoms with Crippen molar-refractivity contribution in [3.63, 3.8) is 0 Å². The van der Waals surface area contributed by atoms with Crippen LogP contribution >= 0.6 is 34.8 Å². The second-order valence-corrected chi connectivity index (χ2v) is 16.1. The van der Waals surface area contributed by atoms with Crippen molar-refractivity contribution in [2.45, 2.75) is 0 Å². The fraction of sp³-hybridized carbons (Fsp3) is 0. The molecule has 0 amide bonds. The van der Waals surface area contributed by atoms with Gasteiger partial charge in [-0.15, -0.1) is 0 Å². The Morgan fingerprint density at radius 2 is 0.862 bits per heavy atom. The Hall–Kier alpha value is -1.63. The molecule has 1 radical (unpaired) electrons. The Balaban J connectivity index is 2.04. The SMILES string of the molecule is Clc1cc(Cl)c([O][Sb]([c]2ccccc2)([c]2ccccc2)[c]2ccccc2)c(Cl)c1. The van der Waals surface area contributed by atoms with Gasteiger partial charge in [-0.3, -0.25) is 0 Å². The zero-order valence-corrected chi connectivity index (χ0v) is 20.1. The van der Waals surface area contributed by atoms with E-state index in [9.17, 15) is 0 Å². The summed E-state index contributed by atoms with van der Waals surface area (Å²) < 4.78 is 10.4. The molecule has 4 aromatic carbocycles. The van der Waals surface area contributed by atoms with E-state index in [1.54, 1.807) is 12.1 Å². The number of hydrogen-bond donors (Lipinski definition) is 0. The second kappa shape index (κ2) is 9.02. The molecule has 0 aliphatic carbocycles. The van der Waals surface area contributed by atoms with Crippen LogP contribution < -0.4 is 13.5 Å². The van der Waals surface area contributed by atoms with Gasteiger partial charge in [-0.05, 0) is 0 Å². The van der Waals surface area contributed by atoms with Crippen LogP contribution in [0.2, 0.25) is 15.1 Å². The summed E-state index contributed by atoms with van der Waals surface area (Å²) in [6.45, 7) is 0. The quantitative estimate of drug-likeness (QED) is 0.291. The fourth-order valence-corrected chi connectivity index (χ4v) is 14.4. The molecule has 0 aliphatic rings. The van der Waals surface area contributed by atoms with E-state index in [2.05, 4.69) is 36.4 Å². The van der Waals surface area contributed by atoms with E-state index in [1.807, 2.05) is 54.6 Å². The zero-order valence-electron chi connectivity index (χ0n) is 15.3. The van der Waals surface area contributed by atoms with Gasteiger partial charge in [0.1, 0.15) is 0 Å². The molecule has 0 saturated carbocycles. The maximum atomic E-state index is 6.95. The van der Waals surface area contributed by atoms with Crippen LogP contribution in [0.1, 0.15) is 0 Å². The van der Waals surface area contributed by atoms with Gasteiger partial charge in [-0.1, -0.05) is 0 Å². The van der Waals surface area contributed by atoms with Crippen LogP contribution in [0, 0.1) is 0 Å². The summed E-state index contributed by atoms with van der Waals surface area (Å²) in [6, 6.07) is 34.4. The molecular weight excluding hydrogens is 532 g/mol. The van der Waals surface area contributed by atoms with E-state index in [-0.39, 0.29) is 0 Å². The van der Waals surface area contributed by atoms with Crippen molar-refractivity contribution in [2.75, 3.05) is 0 Å². The first-order chi connectivity index (χ1) is 14.1. The molecule has 0 heterocycles. The Labute approximate surface area is 190 Å². The predicted octanol–water partition coefficient (Wildman–Crippen LogP) is 5.69. The van der Waals surface area contributed by atoms with Crippen molar-refractivity contribution in [2.24, 2.45) is 0 Å². The van der Waals surface area contributed by atoms with Gasteiger partial charge >= 0.3 is 192 Å². The van der Waals surface area contributed by atoms with Crippen LogP contribution in [-0.2, 0) is 0 Å². The van der Waals surface area contributed by atoms with Gasteiger partial charge in [0, 0.05) is 0 Å². The standard InChI is InChI=1S/C6H3Cl3O.3C6H5.Sb/c7-3-1-4(8)6(10)5(9)2-3;3*1-2-4-6-5-3-1;/h1-2,10H;3*1-5H;/q;;;;+1/p-1. The molecule has 0 aromatic heterocycles.